The maximum Gasteiger partial charge on any atom is 0.0594 e. The zero-order chi connectivity index (χ0) is 11.6. The van der Waals surface area contributed by atoms with E-state index in [9.17, 15) is 0 Å². The third-order valence-corrected chi connectivity index (χ3v) is 3.14. The third kappa shape index (κ3) is 5.80. The van der Waals surface area contributed by atoms with Gasteiger partial charge in [-0.1, -0.05) is 0 Å². The van der Waals surface area contributed by atoms with Crippen LogP contribution in [0.25, 0.3) is 0 Å². The van der Waals surface area contributed by atoms with Gasteiger partial charge in [-0.25, -0.2) is 0 Å². The van der Waals surface area contributed by atoms with Crippen LogP contribution in [-0.2, 0) is 4.74 Å². The van der Waals surface area contributed by atoms with Crippen molar-refractivity contribution < 1.29 is 4.74 Å². The average molecular weight is 229 g/mol. The Morgan fingerprint density at radius 1 is 1.25 bits per heavy atom. The first-order chi connectivity index (χ1) is 7.86. The van der Waals surface area contributed by atoms with Gasteiger partial charge < -0.3 is 20.3 Å². The first kappa shape index (κ1) is 13.9. The lowest BCUT2D eigenvalue weighted by molar-refractivity contribution is 0.0868. The Bertz CT molecular complexity index is 164. The van der Waals surface area contributed by atoms with Gasteiger partial charge in [0.15, 0.2) is 0 Å². The summed E-state index contributed by atoms with van der Waals surface area (Å²) in [4.78, 5) is 2.53. The van der Waals surface area contributed by atoms with Gasteiger partial charge in [0.25, 0.3) is 0 Å². The lowest BCUT2D eigenvalue weighted by atomic mass is 9.98. The summed E-state index contributed by atoms with van der Waals surface area (Å²) in [5, 5.41) is 6.36. The molecule has 1 heterocycles. The van der Waals surface area contributed by atoms with Gasteiger partial charge in [-0.15, -0.1) is 0 Å². The lowest BCUT2D eigenvalue weighted by Gasteiger charge is -2.32. The van der Waals surface area contributed by atoms with Crippen molar-refractivity contribution in [2.45, 2.75) is 12.8 Å². The highest BCUT2D eigenvalue weighted by Crippen LogP contribution is 2.14. The van der Waals surface area contributed by atoms with Gasteiger partial charge in [0.05, 0.1) is 13.2 Å². The molecule has 1 atom stereocenters. The Labute approximate surface area is 99.7 Å². The van der Waals surface area contributed by atoms with Crippen molar-refractivity contribution in [3.8, 4) is 0 Å². The summed E-state index contributed by atoms with van der Waals surface area (Å²) in [6.45, 7) is 7.35. The van der Waals surface area contributed by atoms with E-state index in [-0.39, 0.29) is 0 Å². The number of rotatable bonds is 8. The topological polar surface area (TPSA) is 36.5 Å². The Balaban J connectivity index is 2.02. The molecule has 1 saturated heterocycles. The molecular weight excluding hydrogens is 202 g/mol. The Morgan fingerprint density at radius 3 is 2.88 bits per heavy atom. The maximum atomic E-state index is 5.55. The molecule has 1 fully saturated rings. The molecule has 0 spiro atoms. The fourth-order valence-corrected chi connectivity index (χ4v) is 2.28. The Kier molecular flexibility index (Phi) is 7.76. The first-order valence-corrected chi connectivity index (χ1v) is 6.46. The number of hydrogen-bond donors (Lipinski definition) is 2. The van der Waals surface area contributed by atoms with Crippen LogP contribution in [-0.4, -0.2) is 64.9 Å². The molecule has 0 bridgehead atoms. The van der Waals surface area contributed by atoms with E-state index >= 15 is 0 Å². The molecule has 16 heavy (non-hydrogen) atoms. The van der Waals surface area contributed by atoms with Gasteiger partial charge in [0.1, 0.15) is 0 Å². The van der Waals surface area contributed by atoms with Crippen molar-refractivity contribution in [3.63, 3.8) is 0 Å². The maximum absolute atomic E-state index is 5.55. The lowest BCUT2D eigenvalue weighted by Crippen LogP contribution is -2.40. The van der Waals surface area contributed by atoms with E-state index in [1.165, 1.54) is 25.9 Å². The highest BCUT2D eigenvalue weighted by molar-refractivity contribution is 4.73. The van der Waals surface area contributed by atoms with Crippen LogP contribution < -0.4 is 10.6 Å². The second-order valence-corrected chi connectivity index (χ2v) is 4.58. The van der Waals surface area contributed by atoms with Gasteiger partial charge in [-0.05, 0) is 45.9 Å². The summed E-state index contributed by atoms with van der Waals surface area (Å²) >= 11 is 0. The molecule has 1 aliphatic heterocycles. The van der Waals surface area contributed by atoms with Gasteiger partial charge >= 0.3 is 0 Å². The van der Waals surface area contributed by atoms with Crippen LogP contribution in [0.2, 0.25) is 0 Å². The highest BCUT2D eigenvalue weighted by atomic mass is 16.5. The second-order valence-electron chi connectivity index (χ2n) is 4.58. The monoisotopic (exact) mass is 229 g/mol. The Morgan fingerprint density at radius 2 is 2.12 bits per heavy atom. The molecule has 2 N–H and O–H groups in total. The molecule has 0 saturated carbocycles. The number of nitrogens with zero attached hydrogens (tertiary/aromatic N) is 1. The van der Waals surface area contributed by atoms with Gasteiger partial charge in [-0.2, -0.15) is 0 Å². The van der Waals surface area contributed by atoms with Crippen LogP contribution in [0.5, 0.6) is 0 Å². The number of nitrogens with one attached hydrogen (secondary N) is 2. The van der Waals surface area contributed by atoms with Crippen LogP contribution in [0.3, 0.4) is 0 Å². The fraction of sp³-hybridized carbons (Fsp3) is 1.00. The van der Waals surface area contributed by atoms with Crippen LogP contribution in [0.4, 0.5) is 0 Å². The normalized spacial score (nSPS) is 22.5. The Hall–Kier alpha value is -0.160. The van der Waals surface area contributed by atoms with Gasteiger partial charge in [-0.3, -0.25) is 0 Å². The summed E-state index contributed by atoms with van der Waals surface area (Å²) in [5.74, 6) is 0.830. The summed E-state index contributed by atoms with van der Waals surface area (Å²) in [7, 11) is 4.00. The summed E-state index contributed by atoms with van der Waals surface area (Å²) in [6.07, 6.45) is 2.71. The predicted octanol–water partition coefficient (Wildman–Crippen LogP) is 0.154. The molecule has 4 heteroatoms. The number of ether oxygens (including phenoxy) is 1. The van der Waals surface area contributed by atoms with E-state index < -0.39 is 0 Å². The molecule has 0 aliphatic carbocycles. The average Bonchev–Trinajstić information content (AvgIpc) is 2.30. The quantitative estimate of drug-likeness (QED) is 0.581. The van der Waals surface area contributed by atoms with E-state index in [1.54, 1.807) is 0 Å². The minimum Gasteiger partial charge on any atom is -0.379 e. The molecule has 0 aromatic heterocycles. The SMILES string of the molecule is CNCCOCCN1CCCC(CNC)C1. The third-order valence-electron chi connectivity index (χ3n) is 3.14. The standard InChI is InChI=1S/C12H27N3O/c1-13-5-8-16-9-7-15-6-3-4-12(11-15)10-14-2/h12-14H,3-11H2,1-2H3. The van der Waals surface area contributed by atoms with Crippen LogP contribution in [0, 0.1) is 5.92 Å². The van der Waals surface area contributed by atoms with Crippen molar-refractivity contribution in [2.75, 3.05) is 60.0 Å². The number of piperidine rings is 1. The molecule has 1 aliphatic rings. The summed E-state index contributed by atoms with van der Waals surface area (Å²) < 4.78 is 5.55. The fourth-order valence-electron chi connectivity index (χ4n) is 2.28. The van der Waals surface area contributed by atoms with E-state index in [1.807, 2.05) is 14.1 Å². The zero-order valence-corrected chi connectivity index (χ0v) is 10.8. The molecule has 0 amide bonds. The summed E-state index contributed by atoms with van der Waals surface area (Å²) in [6, 6.07) is 0. The number of hydrogen-bond acceptors (Lipinski definition) is 4. The smallest absolute Gasteiger partial charge is 0.0594 e. The number of likely N-dealkylation sites (tertiary alicyclic amines) is 1. The van der Waals surface area contributed by atoms with Crippen LogP contribution in [0.1, 0.15) is 12.8 Å². The molecule has 0 radical (unpaired) electrons. The van der Waals surface area contributed by atoms with Crippen molar-refractivity contribution in [1.82, 2.24) is 15.5 Å². The molecule has 1 unspecified atom stereocenters. The first-order valence-electron chi connectivity index (χ1n) is 6.46. The molecular formula is C12H27N3O. The predicted molar refractivity (Wildman–Crippen MR) is 67.8 cm³/mol. The van der Waals surface area contributed by atoms with Crippen LogP contribution in [0.15, 0.2) is 0 Å². The largest absolute Gasteiger partial charge is 0.379 e. The van der Waals surface area contributed by atoms with Crippen molar-refractivity contribution in [3.05, 3.63) is 0 Å². The van der Waals surface area contributed by atoms with E-state index in [2.05, 4.69) is 15.5 Å². The number of likely N-dealkylation sites (N-methyl/N-ethyl adjacent to an activating group) is 1. The molecule has 1 rings (SSSR count). The van der Waals surface area contributed by atoms with E-state index in [0.717, 1.165) is 38.8 Å². The van der Waals surface area contributed by atoms with Crippen molar-refractivity contribution >= 4 is 0 Å². The molecule has 4 nitrogen and oxygen atoms in total. The second kappa shape index (κ2) is 8.93. The molecule has 0 aromatic carbocycles. The molecule has 96 valence electrons. The van der Waals surface area contributed by atoms with Crippen LogP contribution >= 0.6 is 0 Å². The summed E-state index contributed by atoms with van der Waals surface area (Å²) in [5.41, 5.74) is 0. The van der Waals surface area contributed by atoms with E-state index in [0.29, 0.717) is 0 Å². The van der Waals surface area contributed by atoms with Gasteiger partial charge in [0, 0.05) is 19.6 Å². The highest BCUT2D eigenvalue weighted by Gasteiger charge is 2.18. The van der Waals surface area contributed by atoms with Crippen molar-refractivity contribution in [2.24, 2.45) is 5.92 Å². The minimum absolute atomic E-state index is 0.824. The molecule has 0 aromatic rings. The van der Waals surface area contributed by atoms with Crippen molar-refractivity contribution in [1.29, 1.82) is 0 Å². The van der Waals surface area contributed by atoms with Gasteiger partial charge in [0.2, 0.25) is 0 Å². The minimum atomic E-state index is 0.824. The zero-order valence-electron chi connectivity index (χ0n) is 10.8. The van der Waals surface area contributed by atoms with E-state index in [4.69, 9.17) is 4.74 Å².